The maximum Gasteiger partial charge on any atom is 0.237 e. The molecular weight excluding hydrogens is 390 g/mol. The lowest BCUT2D eigenvalue weighted by Gasteiger charge is -2.41. The summed E-state index contributed by atoms with van der Waals surface area (Å²) in [6.07, 6.45) is 5.76. The fourth-order valence-corrected chi connectivity index (χ4v) is 5.21. The van der Waals surface area contributed by atoms with Crippen molar-refractivity contribution in [2.45, 2.75) is 31.3 Å². The molecule has 1 aliphatic carbocycles. The van der Waals surface area contributed by atoms with Gasteiger partial charge in [0.15, 0.2) is 0 Å². The van der Waals surface area contributed by atoms with E-state index in [1.165, 1.54) is 11.1 Å². The Bertz CT molecular complexity index is 917. The summed E-state index contributed by atoms with van der Waals surface area (Å²) >= 11 is 0. The van der Waals surface area contributed by atoms with E-state index in [1.807, 2.05) is 17.0 Å². The molecule has 1 N–H and O–H groups in total. The van der Waals surface area contributed by atoms with Crippen LogP contribution in [-0.4, -0.2) is 78.0 Å². The molecule has 2 saturated heterocycles. The molecule has 0 bridgehead atoms. The molecule has 1 aromatic heterocycles. The van der Waals surface area contributed by atoms with E-state index in [1.54, 1.807) is 12.4 Å². The van der Waals surface area contributed by atoms with Gasteiger partial charge >= 0.3 is 0 Å². The SMILES string of the molecule is O=C1NCCN(C2Cc3ccccc3C2)C1CC(=O)N1CCN(c2ccncc2)CC1. The van der Waals surface area contributed by atoms with Gasteiger partial charge in [-0.2, -0.15) is 0 Å². The topological polar surface area (TPSA) is 68.8 Å². The van der Waals surface area contributed by atoms with Crippen molar-refractivity contribution in [3.8, 4) is 0 Å². The van der Waals surface area contributed by atoms with Crippen molar-refractivity contribution < 1.29 is 9.59 Å². The number of nitrogens with zero attached hydrogens (tertiary/aromatic N) is 4. The van der Waals surface area contributed by atoms with Crippen LogP contribution in [0.2, 0.25) is 0 Å². The molecule has 1 unspecified atom stereocenters. The zero-order chi connectivity index (χ0) is 21.2. The van der Waals surface area contributed by atoms with Crippen molar-refractivity contribution >= 4 is 17.5 Å². The zero-order valence-electron chi connectivity index (χ0n) is 17.7. The van der Waals surface area contributed by atoms with Gasteiger partial charge in [-0.1, -0.05) is 24.3 Å². The third-order valence-electron chi connectivity index (χ3n) is 6.90. The fraction of sp³-hybridized carbons (Fsp3) is 0.458. The van der Waals surface area contributed by atoms with Crippen molar-refractivity contribution in [2.75, 3.05) is 44.2 Å². The van der Waals surface area contributed by atoms with Crippen LogP contribution in [-0.2, 0) is 22.4 Å². The monoisotopic (exact) mass is 419 g/mol. The number of hydrogen-bond donors (Lipinski definition) is 1. The lowest BCUT2D eigenvalue weighted by Crippen LogP contribution is -2.60. The second-order valence-electron chi connectivity index (χ2n) is 8.65. The maximum atomic E-state index is 13.1. The molecule has 3 aliphatic rings. The van der Waals surface area contributed by atoms with Crippen LogP contribution in [0.5, 0.6) is 0 Å². The molecule has 5 rings (SSSR count). The van der Waals surface area contributed by atoms with E-state index >= 15 is 0 Å². The summed E-state index contributed by atoms with van der Waals surface area (Å²) < 4.78 is 0. The van der Waals surface area contributed by atoms with Crippen LogP contribution in [0.25, 0.3) is 0 Å². The Hall–Kier alpha value is -2.93. The normalized spacial score (nSPS) is 22.3. The van der Waals surface area contributed by atoms with Crippen molar-refractivity contribution in [3.63, 3.8) is 0 Å². The van der Waals surface area contributed by atoms with E-state index in [9.17, 15) is 9.59 Å². The van der Waals surface area contributed by atoms with E-state index in [-0.39, 0.29) is 24.3 Å². The van der Waals surface area contributed by atoms with Crippen LogP contribution in [0.1, 0.15) is 17.5 Å². The van der Waals surface area contributed by atoms with Crippen LogP contribution in [0.15, 0.2) is 48.8 Å². The summed E-state index contributed by atoms with van der Waals surface area (Å²) in [5.41, 5.74) is 3.88. The van der Waals surface area contributed by atoms with Gasteiger partial charge in [0.1, 0.15) is 0 Å². The van der Waals surface area contributed by atoms with Gasteiger partial charge in [0, 0.05) is 63.4 Å². The first kappa shape index (κ1) is 20.0. The Balaban J connectivity index is 1.22. The maximum absolute atomic E-state index is 13.1. The second-order valence-corrected chi connectivity index (χ2v) is 8.65. The van der Waals surface area contributed by atoms with E-state index in [0.29, 0.717) is 25.7 Å². The summed E-state index contributed by atoms with van der Waals surface area (Å²) in [6.45, 7) is 4.43. The predicted molar refractivity (Wildman–Crippen MR) is 119 cm³/mol. The lowest BCUT2D eigenvalue weighted by atomic mass is 10.0. The highest BCUT2D eigenvalue weighted by molar-refractivity contribution is 5.89. The Morgan fingerprint density at radius 1 is 0.968 bits per heavy atom. The first-order chi connectivity index (χ1) is 15.2. The largest absolute Gasteiger partial charge is 0.368 e. The molecule has 3 heterocycles. The molecule has 2 fully saturated rings. The third-order valence-corrected chi connectivity index (χ3v) is 6.90. The predicted octanol–water partition coefficient (Wildman–Crippen LogP) is 1.09. The highest BCUT2D eigenvalue weighted by Crippen LogP contribution is 2.28. The molecule has 2 aromatic rings. The number of anilines is 1. The van der Waals surface area contributed by atoms with Gasteiger partial charge in [-0.3, -0.25) is 19.5 Å². The number of carbonyl (C=O) groups is 2. The summed E-state index contributed by atoms with van der Waals surface area (Å²) in [4.78, 5) is 36.4. The molecule has 0 radical (unpaired) electrons. The van der Waals surface area contributed by atoms with Gasteiger partial charge in [0.25, 0.3) is 0 Å². The number of pyridine rings is 1. The van der Waals surface area contributed by atoms with Crippen LogP contribution < -0.4 is 10.2 Å². The minimum atomic E-state index is -0.376. The summed E-state index contributed by atoms with van der Waals surface area (Å²) in [5, 5.41) is 2.98. The highest BCUT2D eigenvalue weighted by atomic mass is 16.2. The number of aromatic nitrogens is 1. The lowest BCUT2D eigenvalue weighted by molar-refractivity contribution is -0.140. The first-order valence-corrected chi connectivity index (χ1v) is 11.2. The molecule has 2 amide bonds. The fourth-order valence-electron chi connectivity index (χ4n) is 5.21. The van der Waals surface area contributed by atoms with E-state index in [2.05, 4.69) is 44.4 Å². The molecule has 31 heavy (non-hydrogen) atoms. The average molecular weight is 420 g/mol. The molecular formula is C24H29N5O2. The molecule has 162 valence electrons. The van der Waals surface area contributed by atoms with Crippen LogP contribution in [0.4, 0.5) is 5.69 Å². The first-order valence-electron chi connectivity index (χ1n) is 11.2. The molecule has 1 aromatic carbocycles. The van der Waals surface area contributed by atoms with E-state index in [4.69, 9.17) is 0 Å². The highest BCUT2D eigenvalue weighted by Gasteiger charge is 2.39. The van der Waals surface area contributed by atoms with E-state index < -0.39 is 0 Å². The summed E-state index contributed by atoms with van der Waals surface area (Å²) in [7, 11) is 0. The van der Waals surface area contributed by atoms with Crippen molar-refractivity contribution in [1.29, 1.82) is 0 Å². The molecule has 0 saturated carbocycles. The second kappa shape index (κ2) is 8.67. The van der Waals surface area contributed by atoms with Gasteiger partial charge in [0.05, 0.1) is 12.5 Å². The van der Waals surface area contributed by atoms with Crippen molar-refractivity contribution in [2.24, 2.45) is 0 Å². The van der Waals surface area contributed by atoms with Crippen molar-refractivity contribution in [3.05, 3.63) is 59.9 Å². The minimum Gasteiger partial charge on any atom is -0.368 e. The van der Waals surface area contributed by atoms with Crippen LogP contribution >= 0.6 is 0 Å². The Kier molecular flexibility index (Phi) is 5.59. The summed E-state index contributed by atoms with van der Waals surface area (Å²) in [6, 6.07) is 12.4. The summed E-state index contributed by atoms with van der Waals surface area (Å²) in [5.74, 6) is 0.0721. The standard InChI is InChI=1S/C24H29N5O2/c30-23(28-13-11-27(12-14-28)20-5-7-25-8-6-20)17-22-24(31)26-9-10-29(22)21-15-18-3-1-2-4-19(18)16-21/h1-8,21-22H,9-17H2,(H,26,31). The number of piperazine rings is 2. The Labute approximate surface area is 183 Å². The van der Waals surface area contributed by atoms with Crippen molar-refractivity contribution in [1.82, 2.24) is 20.1 Å². The third kappa shape index (κ3) is 4.14. The van der Waals surface area contributed by atoms with E-state index in [0.717, 1.165) is 38.2 Å². The number of hydrogen-bond acceptors (Lipinski definition) is 5. The van der Waals surface area contributed by atoms with Gasteiger partial charge in [-0.15, -0.1) is 0 Å². The number of fused-ring (bicyclic) bond motifs is 1. The average Bonchev–Trinajstić information content (AvgIpc) is 3.25. The smallest absolute Gasteiger partial charge is 0.237 e. The number of carbonyl (C=O) groups excluding carboxylic acids is 2. The van der Waals surface area contributed by atoms with Crippen LogP contribution in [0.3, 0.4) is 0 Å². The van der Waals surface area contributed by atoms with Gasteiger partial charge in [-0.25, -0.2) is 0 Å². The quantitative estimate of drug-likeness (QED) is 0.804. The van der Waals surface area contributed by atoms with Gasteiger partial charge in [-0.05, 0) is 36.1 Å². The number of rotatable bonds is 4. The molecule has 1 atom stereocenters. The van der Waals surface area contributed by atoms with Crippen LogP contribution in [0, 0.1) is 0 Å². The Morgan fingerprint density at radius 2 is 1.65 bits per heavy atom. The molecule has 0 spiro atoms. The molecule has 2 aliphatic heterocycles. The molecule has 7 heteroatoms. The minimum absolute atomic E-state index is 0.00835. The Morgan fingerprint density at radius 3 is 2.32 bits per heavy atom. The van der Waals surface area contributed by atoms with Gasteiger partial charge < -0.3 is 15.1 Å². The zero-order valence-corrected chi connectivity index (χ0v) is 17.7. The number of amides is 2. The number of benzene rings is 1. The van der Waals surface area contributed by atoms with Gasteiger partial charge in [0.2, 0.25) is 11.8 Å². The number of nitrogens with one attached hydrogen (secondary N) is 1. The molecule has 7 nitrogen and oxygen atoms in total.